The predicted octanol–water partition coefficient (Wildman–Crippen LogP) is 4.46. The third-order valence-electron chi connectivity index (χ3n) is 4.00. The van der Waals surface area contributed by atoms with Crippen molar-refractivity contribution in [2.45, 2.75) is 18.9 Å². The van der Waals surface area contributed by atoms with Gasteiger partial charge in [0.25, 0.3) is 5.91 Å². The number of halogens is 2. The molecule has 1 aromatic carbocycles. The van der Waals surface area contributed by atoms with Crippen LogP contribution < -0.4 is 5.32 Å². The Hall–Kier alpha value is -2.26. The molecule has 1 fully saturated rings. The maximum Gasteiger partial charge on any atom is 0.262 e. The number of nitrogens with zero attached hydrogens (tertiary/aromatic N) is 1. The van der Waals surface area contributed by atoms with Crippen molar-refractivity contribution >= 4 is 35.2 Å². The molecule has 1 aromatic heterocycles. The van der Waals surface area contributed by atoms with Crippen LogP contribution in [0.15, 0.2) is 40.3 Å². The number of hydrogen-bond donors (Lipinski definition) is 1. The lowest BCUT2D eigenvalue weighted by atomic mass is 10.2. The zero-order chi connectivity index (χ0) is 18.5. The molecule has 0 spiro atoms. The van der Waals surface area contributed by atoms with Crippen LogP contribution in [0.4, 0.5) is 0 Å². The normalized spacial score (nSPS) is 17.1. The average Bonchev–Trinajstić information content (AvgIpc) is 3.31. The van der Waals surface area contributed by atoms with E-state index in [0.29, 0.717) is 34.7 Å². The SMILES string of the molecule is N#C/C(=C/c1ccc(-c2ccc(Cl)c(Cl)c2)o1)C(=O)NC[C@@H]1CCCO1. The zero-order valence-electron chi connectivity index (χ0n) is 13.8. The molecule has 7 heteroatoms. The molecule has 134 valence electrons. The minimum atomic E-state index is -0.449. The smallest absolute Gasteiger partial charge is 0.262 e. The summed E-state index contributed by atoms with van der Waals surface area (Å²) in [4.78, 5) is 12.2. The maximum absolute atomic E-state index is 12.2. The molecule has 1 amide bonds. The fraction of sp³-hybridized carbons (Fsp3) is 0.263. The Morgan fingerprint density at radius 3 is 2.85 bits per heavy atom. The highest BCUT2D eigenvalue weighted by molar-refractivity contribution is 6.42. The third kappa shape index (κ3) is 4.47. The standard InChI is InChI=1S/C19H16Cl2N2O3/c20-16-5-3-12(9-17(16)21)18-6-4-14(26-18)8-13(10-22)19(24)23-11-15-2-1-7-25-15/h3-6,8-9,15H,1-2,7,11H2,(H,23,24)/b13-8-/t15-/m0/s1. The number of amides is 1. The Morgan fingerprint density at radius 2 is 2.15 bits per heavy atom. The lowest BCUT2D eigenvalue weighted by Gasteiger charge is -2.09. The number of carbonyl (C=O) groups excluding carboxylic acids is 1. The Kier molecular flexibility index (Phi) is 6.00. The number of carbonyl (C=O) groups is 1. The topological polar surface area (TPSA) is 75.3 Å². The summed E-state index contributed by atoms with van der Waals surface area (Å²) >= 11 is 11.9. The molecule has 1 saturated heterocycles. The molecular weight excluding hydrogens is 375 g/mol. The van der Waals surface area contributed by atoms with Crippen LogP contribution in [0, 0.1) is 11.3 Å². The van der Waals surface area contributed by atoms with Gasteiger partial charge in [-0.1, -0.05) is 23.2 Å². The van der Waals surface area contributed by atoms with Gasteiger partial charge < -0.3 is 14.5 Å². The second kappa shape index (κ2) is 8.41. The first-order valence-corrected chi connectivity index (χ1v) is 8.89. The van der Waals surface area contributed by atoms with E-state index < -0.39 is 5.91 Å². The van der Waals surface area contributed by atoms with E-state index in [1.54, 1.807) is 30.3 Å². The van der Waals surface area contributed by atoms with E-state index in [9.17, 15) is 10.1 Å². The molecule has 1 aliphatic rings. The summed E-state index contributed by atoms with van der Waals surface area (Å²) in [5.74, 6) is 0.511. The highest BCUT2D eigenvalue weighted by atomic mass is 35.5. The Balaban J connectivity index is 1.71. The van der Waals surface area contributed by atoms with E-state index in [-0.39, 0.29) is 11.7 Å². The molecule has 0 saturated carbocycles. The molecule has 3 rings (SSSR count). The van der Waals surface area contributed by atoms with Crippen molar-refractivity contribution in [3.05, 3.63) is 51.7 Å². The second-order valence-corrected chi connectivity index (χ2v) is 6.66. The van der Waals surface area contributed by atoms with Crippen molar-refractivity contribution < 1.29 is 13.9 Å². The number of furan rings is 1. The molecule has 2 aromatic rings. The minimum absolute atomic E-state index is 0.0174. The van der Waals surface area contributed by atoms with Gasteiger partial charge in [0.15, 0.2) is 0 Å². The average molecular weight is 391 g/mol. The number of rotatable bonds is 5. The maximum atomic E-state index is 12.2. The Labute approximate surface area is 161 Å². The fourth-order valence-electron chi connectivity index (χ4n) is 2.63. The van der Waals surface area contributed by atoms with Crippen molar-refractivity contribution in [2.75, 3.05) is 13.2 Å². The predicted molar refractivity (Wildman–Crippen MR) is 99.7 cm³/mol. The van der Waals surface area contributed by atoms with Crippen molar-refractivity contribution in [2.24, 2.45) is 0 Å². The Bertz CT molecular complexity index is 877. The molecule has 5 nitrogen and oxygen atoms in total. The largest absolute Gasteiger partial charge is 0.457 e. The van der Waals surface area contributed by atoms with Gasteiger partial charge in [0.1, 0.15) is 23.2 Å². The van der Waals surface area contributed by atoms with Gasteiger partial charge in [0.05, 0.1) is 16.1 Å². The van der Waals surface area contributed by atoms with Crippen LogP contribution in [0.2, 0.25) is 10.0 Å². The van der Waals surface area contributed by atoms with E-state index in [1.807, 2.05) is 6.07 Å². The summed E-state index contributed by atoms with van der Waals surface area (Å²) in [5.41, 5.74) is 0.721. The monoisotopic (exact) mass is 390 g/mol. The molecular formula is C19H16Cl2N2O3. The fourth-order valence-corrected chi connectivity index (χ4v) is 2.93. The van der Waals surface area contributed by atoms with E-state index in [2.05, 4.69) is 5.32 Å². The molecule has 2 heterocycles. The molecule has 1 N–H and O–H groups in total. The number of nitriles is 1. The lowest BCUT2D eigenvalue weighted by Crippen LogP contribution is -2.32. The molecule has 1 aliphatic heterocycles. The van der Waals surface area contributed by atoms with Gasteiger partial charge in [-0.25, -0.2) is 0 Å². The lowest BCUT2D eigenvalue weighted by molar-refractivity contribution is -0.117. The van der Waals surface area contributed by atoms with Gasteiger partial charge in [0, 0.05) is 24.8 Å². The van der Waals surface area contributed by atoms with Crippen LogP contribution in [-0.4, -0.2) is 25.2 Å². The first-order chi connectivity index (χ1) is 12.6. The zero-order valence-corrected chi connectivity index (χ0v) is 15.3. The van der Waals surface area contributed by atoms with E-state index in [0.717, 1.165) is 18.4 Å². The first kappa shape index (κ1) is 18.5. The highest BCUT2D eigenvalue weighted by Crippen LogP contribution is 2.30. The summed E-state index contributed by atoms with van der Waals surface area (Å²) in [6.07, 6.45) is 3.33. The van der Waals surface area contributed by atoms with Crippen LogP contribution in [0.1, 0.15) is 18.6 Å². The summed E-state index contributed by atoms with van der Waals surface area (Å²) in [5, 5.41) is 12.9. The molecule has 1 atom stereocenters. The highest BCUT2D eigenvalue weighted by Gasteiger charge is 2.18. The van der Waals surface area contributed by atoms with Crippen LogP contribution in [0.5, 0.6) is 0 Å². The summed E-state index contributed by atoms with van der Waals surface area (Å²) < 4.78 is 11.1. The number of nitrogens with one attached hydrogen (secondary N) is 1. The van der Waals surface area contributed by atoms with Gasteiger partial charge >= 0.3 is 0 Å². The van der Waals surface area contributed by atoms with E-state index in [4.69, 9.17) is 32.4 Å². The van der Waals surface area contributed by atoms with Crippen LogP contribution in [-0.2, 0) is 9.53 Å². The van der Waals surface area contributed by atoms with E-state index >= 15 is 0 Å². The van der Waals surface area contributed by atoms with Crippen LogP contribution in [0.25, 0.3) is 17.4 Å². The minimum Gasteiger partial charge on any atom is -0.457 e. The second-order valence-electron chi connectivity index (χ2n) is 5.85. The van der Waals surface area contributed by atoms with Gasteiger partial charge in [-0.15, -0.1) is 0 Å². The Morgan fingerprint density at radius 1 is 1.31 bits per heavy atom. The summed E-state index contributed by atoms with van der Waals surface area (Å²) in [6, 6.07) is 10.5. The molecule has 26 heavy (non-hydrogen) atoms. The van der Waals surface area contributed by atoms with Crippen molar-refractivity contribution in [3.8, 4) is 17.4 Å². The van der Waals surface area contributed by atoms with Crippen molar-refractivity contribution in [1.82, 2.24) is 5.32 Å². The molecule has 0 bridgehead atoms. The van der Waals surface area contributed by atoms with Crippen molar-refractivity contribution in [3.63, 3.8) is 0 Å². The molecule has 0 radical (unpaired) electrons. The van der Waals surface area contributed by atoms with Gasteiger partial charge in [0.2, 0.25) is 0 Å². The van der Waals surface area contributed by atoms with Crippen LogP contribution in [0.3, 0.4) is 0 Å². The molecule has 0 aliphatic carbocycles. The number of benzene rings is 1. The van der Waals surface area contributed by atoms with Crippen molar-refractivity contribution in [1.29, 1.82) is 5.26 Å². The molecule has 0 unspecified atom stereocenters. The first-order valence-electron chi connectivity index (χ1n) is 8.13. The van der Waals surface area contributed by atoms with E-state index in [1.165, 1.54) is 6.08 Å². The van der Waals surface area contributed by atoms with Gasteiger partial charge in [-0.3, -0.25) is 4.79 Å². The quantitative estimate of drug-likeness (QED) is 0.603. The van der Waals surface area contributed by atoms with Gasteiger partial charge in [-0.2, -0.15) is 5.26 Å². The van der Waals surface area contributed by atoms with Crippen LogP contribution >= 0.6 is 23.2 Å². The summed E-state index contributed by atoms with van der Waals surface area (Å²) in [7, 11) is 0. The number of ether oxygens (including phenoxy) is 1. The third-order valence-corrected chi connectivity index (χ3v) is 4.74. The number of hydrogen-bond acceptors (Lipinski definition) is 4. The van der Waals surface area contributed by atoms with Gasteiger partial charge in [-0.05, 0) is 43.2 Å². The summed E-state index contributed by atoms with van der Waals surface area (Å²) in [6.45, 7) is 1.11.